The maximum Gasteiger partial charge on any atom is 0.205 e. The highest BCUT2D eigenvalue weighted by Crippen LogP contribution is 2.37. The quantitative estimate of drug-likeness (QED) is 0.752. The lowest BCUT2D eigenvalue weighted by Gasteiger charge is -2.18. The summed E-state index contributed by atoms with van der Waals surface area (Å²) in [6.45, 7) is 1.91. The van der Waals surface area contributed by atoms with Gasteiger partial charge in [0.1, 0.15) is 6.23 Å². The second-order valence-electron chi connectivity index (χ2n) is 3.04. The molecule has 0 spiro atoms. The van der Waals surface area contributed by atoms with E-state index >= 15 is 0 Å². The van der Waals surface area contributed by atoms with Crippen LogP contribution in [0, 0.1) is 0 Å². The number of nitrogens with one attached hydrogen (secondary N) is 1. The third-order valence-electron chi connectivity index (χ3n) is 2.08. The zero-order chi connectivity index (χ0) is 11.3. The Kier molecular flexibility index (Phi) is 4.24. The van der Waals surface area contributed by atoms with Crippen LogP contribution >= 0.6 is 0 Å². The monoisotopic (exact) mass is 211 g/mol. The summed E-state index contributed by atoms with van der Waals surface area (Å²) in [5.41, 5.74) is 0. The molecule has 0 aromatic heterocycles. The first-order valence-corrected chi connectivity index (χ1v) is 4.77. The third kappa shape index (κ3) is 2.76. The third-order valence-corrected chi connectivity index (χ3v) is 2.08. The Morgan fingerprint density at radius 3 is 2.07 bits per heavy atom. The van der Waals surface area contributed by atoms with E-state index in [0.29, 0.717) is 17.2 Å². The number of benzene rings is 1. The van der Waals surface area contributed by atoms with Gasteiger partial charge in [-0.25, -0.2) is 0 Å². The Hall–Kier alpha value is -1.42. The van der Waals surface area contributed by atoms with Crippen molar-refractivity contribution in [2.75, 3.05) is 21.3 Å². The summed E-state index contributed by atoms with van der Waals surface area (Å²) in [7, 11) is 5.03. The molecular weight excluding hydrogens is 194 g/mol. The number of para-hydroxylation sites is 1. The smallest absolute Gasteiger partial charge is 0.205 e. The van der Waals surface area contributed by atoms with Crippen LogP contribution in [0.5, 0.6) is 17.2 Å². The van der Waals surface area contributed by atoms with Crippen LogP contribution in [-0.4, -0.2) is 27.5 Å². The minimum atomic E-state index is -0.102. The van der Waals surface area contributed by atoms with Crippen LogP contribution < -0.4 is 19.5 Å². The van der Waals surface area contributed by atoms with Crippen LogP contribution in [0.4, 0.5) is 0 Å². The van der Waals surface area contributed by atoms with E-state index < -0.39 is 0 Å². The number of rotatable bonds is 5. The molecule has 1 atom stereocenters. The van der Waals surface area contributed by atoms with E-state index in [1.807, 2.05) is 32.2 Å². The van der Waals surface area contributed by atoms with Gasteiger partial charge in [0, 0.05) is 0 Å². The first-order valence-electron chi connectivity index (χ1n) is 4.77. The summed E-state index contributed by atoms with van der Waals surface area (Å²) < 4.78 is 16.0. The van der Waals surface area contributed by atoms with Crippen molar-refractivity contribution in [1.82, 2.24) is 5.32 Å². The van der Waals surface area contributed by atoms with Crippen molar-refractivity contribution in [2.24, 2.45) is 0 Å². The van der Waals surface area contributed by atoms with Gasteiger partial charge in [0.25, 0.3) is 0 Å². The molecule has 1 unspecified atom stereocenters. The molecule has 0 aliphatic rings. The Morgan fingerprint density at radius 1 is 1.13 bits per heavy atom. The second-order valence-corrected chi connectivity index (χ2v) is 3.04. The number of hydrogen-bond donors (Lipinski definition) is 1. The molecule has 4 nitrogen and oxygen atoms in total. The van der Waals surface area contributed by atoms with Crippen molar-refractivity contribution in [3.05, 3.63) is 18.2 Å². The maximum atomic E-state index is 5.65. The lowest BCUT2D eigenvalue weighted by molar-refractivity contribution is 0.177. The Balaban J connectivity index is 2.99. The fourth-order valence-corrected chi connectivity index (χ4v) is 1.17. The van der Waals surface area contributed by atoms with Crippen molar-refractivity contribution < 1.29 is 14.2 Å². The van der Waals surface area contributed by atoms with Gasteiger partial charge in [-0.15, -0.1) is 0 Å². The first-order chi connectivity index (χ1) is 7.22. The van der Waals surface area contributed by atoms with E-state index in [2.05, 4.69) is 5.32 Å². The number of ether oxygens (including phenoxy) is 3. The molecule has 0 aliphatic heterocycles. The molecule has 0 heterocycles. The van der Waals surface area contributed by atoms with E-state index in [1.165, 1.54) is 0 Å². The molecule has 0 saturated carbocycles. The van der Waals surface area contributed by atoms with Crippen molar-refractivity contribution in [1.29, 1.82) is 0 Å². The highest BCUT2D eigenvalue weighted by molar-refractivity contribution is 5.51. The van der Waals surface area contributed by atoms with Crippen molar-refractivity contribution in [3.63, 3.8) is 0 Å². The molecule has 1 rings (SSSR count). The molecule has 1 aromatic carbocycles. The van der Waals surface area contributed by atoms with E-state index in [-0.39, 0.29) is 6.23 Å². The van der Waals surface area contributed by atoms with E-state index in [0.717, 1.165) is 0 Å². The van der Waals surface area contributed by atoms with Gasteiger partial charge in [-0.1, -0.05) is 6.07 Å². The van der Waals surface area contributed by atoms with Gasteiger partial charge in [-0.2, -0.15) is 0 Å². The van der Waals surface area contributed by atoms with Gasteiger partial charge in [0.2, 0.25) is 5.75 Å². The zero-order valence-corrected chi connectivity index (χ0v) is 9.53. The topological polar surface area (TPSA) is 39.7 Å². The summed E-state index contributed by atoms with van der Waals surface area (Å²) in [5, 5.41) is 2.98. The Morgan fingerprint density at radius 2 is 1.67 bits per heavy atom. The van der Waals surface area contributed by atoms with Gasteiger partial charge in [-0.3, -0.25) is 5.32 Å². The lowest BCUT2D eigenvalue weighted by atomic mass is 10.3. The molecule has 0 saturated heterocycles. The van der Waals surface area contributed by atoms with Gasteiger partial charge in [-0.05, 0) is 26.1 Å². The maximum absolute atomic E-state index is 5.65. The fraction of sp³-hybridized carbons (Fsp3) is 0.455. The van der Waals surface area contributed by atoms with Crippen LogP contribution in [0.25, 0.3) is 0 Å². The molecule has 0 amide bonds. The predicted molar refractivity (Wildman–Crippen MR) is 58.7 cm³/mol. The molecule has 0 radical (unpaired) electrons. The molecule has 0 fully saturated rings. The molecule has 4 heteroatoms. The first kappa shape index (κ1) is 11.7. The molecule has 15 heavy (non-hydrogen) atoms. The van der Waals surface area contributed by atoms with E-state index in [4.69, 9.17) is 14.2 Å². The van der Waals surface area contributed by atoms with Gasteiger partial charge in [0.15, 0.2) is 11.5 Å². The molecule has 0 bridgehead atoms. The zero-order valence-electron chi connectivity index (χ0n) is 9.53. The van der Waals surface area contributed by atoms with Crippen molar-refractivity contribution in [2.45, 2.75) is 13.2 Å². The summed E-state index contributed by atoms with van der Waals surface area (Å²) in [5.74, 6) is 1.94. The highest BCUT2D eigenvalue weighted by atomic mass is 16.5. The predicted octanol–water partition coefficient (Wildman–Crippen LogP) is 1.65. The minimum Gasteiger partial charge on any atom is -0.493 e. The summed E-state index contributed by atoms with van der Waals surface area (Å²) >= 11 is 0. The second kappa shape index (κ2) is 5.46. The average Bonchev–Trinajstić information content (AvgIpc) is 2.29. The van der Waals surface area contributed by atoms with Crippen LogP contribution in [0.3, 0.4) is 0 Å². The molecule has 1 aromatic rings. The molecule has 84 valence electrons. The molecule has 1 N–H and O–H groups in total. The van der Waals surface area contributed by atoms with Crippen LogP contribution in [0.15, 0.2) is 18.2 Å². The largest absolute Gasteiger partial charge is 0.493 e. The summed E-state index contributed by atoms with van der Waals surface area (Å²) in [6, 6.07) is 5.52. The van der Waals surface area contributed by atoms with Crippen molar-refractivity contribution in [3.8, 4) is 17.2 Å². The van der Waals surface area contributed by atoms with Gasteiger partial charge >= 0.3 is 0 Å². The van der Waals surface area contributed by atoms with Crippen LogP contribution in [0.1, 0.15) is 6.92 Å². The highest BCUT2D eigenvalue weighted by Gasteiger charge is 2.13. The van der Waals surface area contributed by atoms with E-state index in [9.17, 15) is 0 Å². The van der Waals surface area contributed by atoms with Gasteiger partial charge in [0.05, 0.1) is 14.2 Å². The summed E-state index contributed by atoms with van der Waals surface area (Å²) in [4.78, 5) is 0. The van der Waals surface area contributed by atoms with Crippen molar-refractivity contribution >= 4 is 0 Å². The number of methoxy groups -OCH3 is 2. The number of hydrogen-bond acceptors (Lipinski definition) is 4. The van der Waals surface area contributed by atoms with Crippen LogP contribution in [0.2, 0.25) is 0 Å². The Labute approximate surface area is 90.1 Å². The average molecular weight is 211 g/mol. The normalized spacial score (nSPS) is 12.0. The SMILES string of the molecule is CNC(C)Oc1c(OC)cccc1OC. The summed E-state index contributed by atoms with van der Waals surface area (Å²) in [6.07, 6.45) is -0.102. The van der Waals surface area contributed by atoms with E-state index in [1.54, 1.807) is 14.2 Å². The molecular formula is C11H17NO3. The minimum absolute atomic E-state index is 0.102. The Bertz CT molecular complexity index is 292. The van der Waals surface area contributed by atoms with Gasteiger partial charge < -0.3 is 14.2 Å². The standard InChI is InChI=1S/C11H17NO3/c1-8(12-2)15-11-9(13-3)6-5-7-10(11)14-4/h5-8,12H,1-4H3. The van der Waals surface area contributed by atoms with Crippen LogP contribution in [-0.2, 0) is 0 Å². The fourth-order valence-electron chi connectivity index (χ4n) is 1.17. The molecule has 0 aliphatic carbocycles. The lowest BCUT2D eigenvalue weighted by Crippen LogP contribution is -2.27.